The Bertz CT molecular complexity index is 1630. The van der Waals surface area contributed by atoms with Gasteiger partial charge in [-0.05, 0) is 62.1 Å². The van der Waals surface area contributed by atoms with E-state index in [-0.39, 0.29) is 12.4 Å². The fourth-order valence-corrected chi connectivity index (χ4v) is 6.68. The van der Waals surface area contributed by atoms with E-state index in [1.807, 2.05) is 23.6 Å². The average molecular weight is 540 g/mol. The summed E-state index contributed by atoms with van der Waals surface area (Å²) in [7, 11) is 1.39. The zero-order valence-electron chi connectivity index (χ0n) is 22.4. The summed E-state index contributed by atoms with van der Waals surface area (Å²) in [5, 5.41) is 9.78. The van der Waals surface area contributed by atoms with E-state index < -0.39 is 6.04 Å². The predicted octanol–water partition coefficient (Wildman–Crippen LogP) is 5.08. The highest BCUT2D eigenvalue weighted by molar-refractivity contribution is 7.15. The Balaban J connectivity index is 1.40. The number of aryl methyl sites for hydroxylation is 2. The summed E-state index contributed by atoms with van der Waals surface area (Å²) in [5.41, 5.74) is 8.36. The molecule has 8 nitrogen and oxygen atoms in total. The topological polar surface area (TPSA) is 89.7 Å². The molecule has 4 aromatic rings. The Kier molecular flexibility index (Phi) is 6.38. The quantitative estimate of drug-likeness (QED) is 0.259. The maximum absolute atomic E-state index is 12.4. The van der Waals surface area contributed by atoms with E-state index in [4.69, 9.17) is 9.73 Å². The Morgan fingerprint density at radius 2 is 1.90 bits per heavy atom. The van der Waals surface area contributed by atoms with E-state index in [9.17, 15) is 9.59 Å². The molecule has 4 heterocycles. The molecule has 0 saturated carbocycles. The number of methoxy groups -OCH3 is 1. The molecule has 9 heteroatoms. The first kappa shape index (κ1) is 25.2. The molecule has 198 valence electrons. The van der Waals surface area contributed by atoms with Gasteiger partial charge in [0.15, 0.2) is 5.82 Å². The number of benzene rings is 2. The second-order valence-corrected chi connectivity index (χ2v) is 11.2. The molecule has 2 aromatic heterocycles. The molecule has 0 radical (unpaired) electrons. The van der Waals surface area contributed by atoms with Crippen LogP contribution in [-0.4, -0.2) is 46.4 Å². The maximum Gasteiger partial charge on any atom is 0.308 e. The lowest BCUT2D eigenvalue weighted by molar-refractivity contribution is -0.141. The van der Waals surface area contributed by atoms with Crippen LogP contribution in [-0.2, 0) is 22.5 Å². The second-order valence-electron chi connectivity index (χ2n) is 10.0. The molecular weight excluding hydrogens is 510 g/mol. The number of ether oxygens (including phenoxy) is 1. The van der Waals surface area contributed by atoms with Crippen LogP contribution < -0.4 is 4.90 Å². The number of carbonyl (C=O) groups excluding carboxylic acids is 2. The number of nitrogens with zero attached hydrogens (tertiary/aromatic N) is 5. The highest BCUT2D eigenvalue weighted by Gasteiger charge is 2.32. The van der Waals surface area contributed by atoms with E-state index in [2.05, 4.69) is 59.3 Å². The first-order chi connectivity index (χ1) is 18.9. The molecule has 0 N–H and O–H groups in total. The van der Waals surface area contributed by atoms with E-state index >= 15 is 0 Å². The smallest absolute Gasteiger partial charge is 0.308 e. The number of hydrogen-bond acceptors (Lipinski definition) is 8. The van der Waals surface area contributed by atoms with Crippen molar-refractivity contribution in [3.05, 3.63) is 92.4 Å². The molecular formula is C30H29N5O3S. The number of anilines is 1. The number of aliphatic imine (C=N–C) groups is 1. The third-order valence-electron chi connectivity index (χ3n) is 7.71. The SMILES string of the molecule is COC(=O)CC1N=C(c2ccc(N3CCc4ccc(C=O)cc4C3)cc2)c2c(sc(C)c2C)-n2c(C)nnc21. The van der Waals surface area contributed by atoms with Gasteiger partial charge in [-0.1, -0.05) is 24.3 Å². The molecule has 39 heavy (non-hydrogen) atoms. The average Bonchev–Trinajstić information content (AvgIpc) is 3.44. The van der Waals surface area contributed by atoms with Gasteiger partial charge in [-0.2, -0.15) is 0 Å². The van der Waals surface area contributed by atoms with Gasteiger partial charge in [0, 0.05) is 40.3 Å². The molecule has 1 atom stereocenters. The highest BCUT2D eigenvalue weighted by atomic mass is 32.1. The molecule has 0 bridgehead atoms. The van der Waals surface area contributed by atoms with Crippen molar-refractivity contribution >= 4 is 35.0 Å². The Morgan fingerprint density at radius 3 is 2.64 bits per heavy atom. The monoisotopic (exact) mass is 539 g/mol. The van der Waals surface area contributed by atoms with E-state index in [0.717, 1.165) is 64.7 Å². The van der Waals surface area contributed by atoms with Crippen LogP contribution in [0.3, 0.4) is 0 Å². The lowest BCUT2D eigenvalue weighted by Gasteiger charge is -2.31. The minimum absolute atomic E-state index is 0.0825. The Morgan fingerprint density at radius 1 is 1.10 bits per heavy atom. The van der Waals surface area contributed by atoms with Crippen molar-refractivity contribution in [3.63, 3.8) is 0 Å². The standard InChI is InChI=1S/C30H29N5O3S/c1-17-18(2)39-30-27(17)28(31-25(14-26(37)38-4)29-33-32-19(3)35(29)30)22-7-9-24(10-8-22)34-12-11-21-6-5-20(16-36)13-23(21)15-34/h5-10,13,16,25H,11-12,14-15H2,1-4H3. The molecule has 2 aliphatic rings. The van der Waals surface area contributed by atoms with Crippen molar-refractivity contribution in [3.8, 4) is 5.00 Å². The van der Waals surface area contributed by atoms with Crippen LogP contribution in [0, 0.1) is 20.8 Å². The summed E-state index contributed by atoms with van der Waals surface area (Å²) in [5.74, 6) is 1.07. The summed E-state index contributed by atoms with van der Waals surface area (Å²) in [6.07, 6.45) is 1.92. The number of carbonyl (C=O) groups is 2. The van der Waals surface area contributed by atoms with Crippen molar-refractivity contribution in [1.82, 2.24) is 14.8 Å². The van der Waals surface area contributed by atoms with Gasteiger partial charge >= 0.3 is 5.97 Å². The summed E-state index contributed by atoms with van der Waals surface area (Å²) in [4.78, 5) is 32.3. The molecule has 2 aliphatic heterocycles. The molecule has 0 spiro atoms. The number of aromatic nitrogens is 3. The third-order valence-corrected chi connectivity index (χ3v) is 8.90. The van der Waals surface area contributed by atoms with Crippen LogP contribution >= 0.6 is 11.3 Å². The molecule has 0 amide bonds. The normalized spacial score (nSPS) is 16.1. The molecule has 0 aliphatic carbocycles. The Hall–Kier alpha value is -4.11. The largest absolute Gasteiger partial charge is 0.469 e. The zero-order valence-corrected chi connectivity index (χ0v) is 23.2. The van der Waals surface area contributed by atoms with Crippen molar-refractivity contribution in [1.29, 1.82) is 0 Å². The van der Waals surface area contributed by atoms with Crippen LogP contribution in [0.4, 0.5) is 5.69 Å². The number of esters is 1. The minimum atomic E-state index is -0.516. The lowest BCUT2D eigenvalue weighted by atomic mass is 9.96. The van der Waals surface area contributed by atoms with Gasteiger partial charge in [-0.3, -0.25) is 19.1 Å². The van der Waals surface area contributed by atoms with Crippen LogP contribution in [0.25, 0.3) is 5.00 Å². The van der Waals surface area contributed by atoms with Gasteiger partial charge in [0.2, 0.25) is 0 Å². The van der Waals surface area contributed by atoms with Gasteiger partial charge in [-0.25, -0.2) is 0 Å². The number of rotatable bonds is 5. The number of fused-ring (bicyclic) bond motifs is 4. The van der Waals surface area contributed by atoms with Gasteiger partial charge < -0.3 is 9.64 Å². The zero-order chi connectivity index (χ0) is 27.3. The van der Waals surface area contributed by atoms with E-state index in [1.165, 1.54) is 23.1 Å². The summed E-state index contributed by atoms with van der Waals surface area (Å²) in [6.45, 7) is 7.83. The van der Waals surface area contributed by atoms with Crippen molar-refractivity contribution in [2.24, 2.45) is 4.99 Å². The lowest BCUT2D eigenvalue weighted by Crippen LogP contribution is -2.30. The van der Waals surface area contributed by atoms with E-state index in [1.54, 1.807) is 11.3 Å². The predicted molar refractivity (Wildman–Crippen MR) is 151 cm³/mol. The van der Waals surface area contributed by atoms with Crippen LogP contribution in [0.2, 0.25) is 0 Å². The minimum Gasteiger partial charge on any atom is -0.469 e. The first-order valence-electron chi connectivity index (χ1n) is 13.0. The van der Waals surface area contributed by atoms with Crippen molar-refractivity contribution in [2.75, 3.05) is 18.6 Å². The highest BCUT2D eigenvalue weighted by Crippen LogP contribution is 2.40. The van der Waals surface area contributed by atoms with Gasteiger partial charge in [0.05, 0.1) is 19.2 Å². The number of aldehydes is 1. The number of hydrogen-bond donors (Lipinski definition) is 0. The first-order valence-corrected chi connectivity index (χ1v) is 13.8. The molecule has 0 fully saturated rings. The van der Waals surface area contributed by atoms with Crippen LogP contribution in [0.5, 0.6) is 0 Å². The number of thiophene rings is 1. The van der Waals surface area contributed by atoms with Gasteiger partial charge in [0.1, 0.15) is 23.2 Å². The van der Waals surface area contributed by atoms with Gasteiger partial charge in [0.25, 0.3) is 0 Å². The third kappa shape index (κ3) is 4.36. The second kappa shape index (κ2) is 9.89. The fourth-order valence-electron chi connectivity index (χ4n) is 5.47. The maximum atomic E-state index is 12.4. The van der Waals surface area contributed by atoms with Crippen LogP contribution in [0.15, 0.2) is 47.5 Å². The van der Waals surface area contributed by atoms with Crippen molar-refractivity contribution in [2.45, 2.75) is 46.2 Å². The van der Waals surface area contributed by atoms with Gasteiger partial charge in [-0.15, -0.1) is 21.5 Å². The van der Waals surface area contributed by atoms with E-state index in [0.29, 0.717) is 11.4 Å². The molecule has 2 aromatic carbocycles. The van der Waals surface area contributed by atoms with Crippen molar-refractivity contribution < 1.29 is 14.3 Å². The Labute approximate surface area is 231 Å². The van der Waals surface area contributed by atoms with Crippen LogP contribution in [0.1, 0.15) is 67.2 Å². The molecule has 6 rings (SSSR count). The summed E-state index contributed by atoms with van der Waals surface area (Å²) >= 11 is 1.69. The molecule has 1 unspecified atom stereocenters. The molecule has 0 saturated heterocycles. The summed E-state index contributed by atoms with van der Waals surface area (Å²) < 4.78 is 7.03. The summed E-state index contributed by atoms with van der Waals surface area (Å²) in [6, 6.07) is 13.9. The fraction of sp³-hybridized carbons (Fsp3) is 0.300.